The summed E-state index contributed by atoms with van der Waals surface area (Å²) in [6.45, 7) is 8.75. The van der Waals surface area contributed by atoms with E-state index in [0.29, 0.717) is 9.79 Å². The fourth-order valence-corrected chi connectivity index (χ4v) is 8.92. The molecule has 0 amide bonds. The Morgan fingerprint density at radius 2 is 1.12 bits per heavy atom. The van der Waals surface area contributed by atoms with Crippen LogP contribution in [0.25, 0.3) is 11.1 Å². The standard InChI is InChI=1S/C30H26O2S2/c1-29(2)21-9-5-7-11-25(21)33-26-16-14-19(17-24(26)29)20-13-15-23-28(18-20)34(31,32)27-12-8-6-10-22(27)30(23,3)4/h5-18H,1-4H3. The van der Waals surface area contributed by atoms with Crippen LogP contribution in [0.15, 0.2) is 105 Å². The summed E-state index contributed by atoms with van der Waals surface area (Å²) in [6.07, 6.45) is 0. The molecule has 4 aromatic carbocycles. The first-order chi connectivity index (χ1) is 16.1. The van der Waals surface area contributed by atoms with Gasteiger partial charge in [0.15, 0.2) is 0 Å². The fraction of sp³-hybridized carbons (Fsp3) is 0.200. The molecule has 170 valence electrons. The maximum Gasteiger partial charge on any atom is 0.207 e. The number of rotatable bonds is 1. The largest absolute Gasteiger partial charge is 0.218 e. The molecule has 0 spiro atoms. The Kier molecular flexibility index (Phi) is 4.53. The molecule has 0 radical (unpaired) electrons. The predicted molar refractivity (Wildman–Crippen MR) is 139 cm³/mol. The zero-order chi connectivity index (χ0) is 23.9. The molecule has 0 N–H and O–H groups in total. The molecule has 2 aliphatic rings. The second-order valence-corrected chi connectivity index (χ2v) is 13.2. The van der Waals surface area contributed by atoms with Crippen molar-refractivity contribution < 1.29 is 8.42 Å². The normalized spacial score (nSPS) is 18.2. The van der Waals surface area contributed by atoms with E-state index in [0.717, 1.165) is 22.3 Å². The third-order valence-corrected chi connectivity index (χ3v) is 10.6. The van der Waals surface area contributed by atoms with Crippen LogP contribution in [-0.4, -0.2) is 8.42 Å². The quantitative estimate of drug-likeness (QED) is 0.280. The van der Waals surface area contributed by atoms with Crippen molar-refractivity contribution in [3.05, 3.63) is 107 Å². The van der Waals surface area contributed by atoms with Crippen LogP contribution in [-0.2, 0) is 20.7 Å². The van der Waals surface area contributed by atoms with Gasteiger partial charge in [0.25, 0.3) is 0 Å². The minimum Gasteiger partial charge on any atom is -0.218 e. The van der Waals surface area contributed by atoms with Gasteiger partial charge >= 0.3 is 0 Å². The lowest BCUT2D eigenvalue weighted by Crippen LogP contribution is -2.29. The molecule has 2 heterocycles. The first kappa shape index (κ1) is 21.7. The van der Waals surface area contributed by atoms with E-state index in [1.807, 2.05) is 42.1 Å². The van der Waals surface area contributed by atoms with Gasteiger partial charge in [0, 0.05) is 20.6 Å². The number of hydrogen-bond acceptors (Lipinski definition) is 3. The molecule has 0 unspecified atom stereocenters. The minimum absolute atomic E-state index is 0.131. The van der Waals surface area contributed by atoms with Crippen LogP contribution in [0.4, 0.5) is 0 Å². The van der Waals surface area contributed by atoms with Gasteiger partial charge in [-0.25, -0.2) is 8.42 Å². The van der Waals surface area contributed by atoms with Gasteiger partial charge in [-0.2, -0.15) is 0 Å². The first-order valence-corrected chi connectivity index (χ1v) is 13.8. The molecule has 0 bridgehead atoms. The van der Waals surface area contributed by atoms with Gasteiger partial charge in [-0.05, 0) is 63.7 Å². The highest BCUT2D eigenvalue weighted by atomic mass is 32.2. The SMILES string of the molecule is CC1(C)c2ccccc2Sc2ccc(-c3ccc4c(c3)S(=O)(=O)c3ccccc3C4(C)C)cc21. The van der Waals surface area contributed by atoms with E-state index in [2.05, 4.69) is 76.2 Å². The number of fused-ring (bicyclic) bond motifs is 4. The summed E-state index contributed by atoms with van der Waals surface area (Å²) in [7, 11) is -3.59. The van der Waals surface area contributed by atoms with E-state index in [9.17, 15) is 8.42 Å². The topological polar surface area (TPSA) is 34.1 Å². The van der Waals surface area contributed by atoms with Gasteiger partial charge < -0.3 is 0 Å². The van der Waals surface area contributed by atoms with E-state index in [-0.39, 0.29) is 10.8 Å². The first-order valence-electron chi connectivity index (χ1n) is 11.5. The van der Waals surface area contributed by atoms with Crippen LogP contribution in [0.5, 0.6) is 0 Å². The van der Waals surface area contributed by atoms with Gasteiger partial charge in [-0.1, -0.05) is 94.1 Å². The molecule has 0 saturated heterocycles. The smallest absolute Gasteiger partial charge is 0.207 e. The molecule has 0 saturated carbocycles. The Labute approximate surface area is 206 Å². The Morgan fingerprint density at radius 3 is 1.91 bits per heavy atom. The third-order valence-electron chi connectivity index (χ3n) is 7.56. The maximum atomic E-state index is 13.6. The van der Waals surface area contributed by atoms with E-state index >= 15 is 0 Å². The highest BCUT2D eigenvalue weighted by Crippen LogP contribution is 2.50. The molecular weight excluding hydrogens is 456 g/mol. The fourth-order valence-electron chi connectivity index (χ4n) is 5.54. The molecule has 0 aliphatic carbocycles. The van der Waals surface area contributed by atoms with Crippen LogP contribution in [0.1, 0.15) is 49.9 Å². The van der Waals surface area contributed by atoms with E-state index in [1.165, 1.54) is 20.9 Å². The molecule has 6 rings (SSSR count). The highest BCUT2D eigenvalue weighted by Gasteiger charge is 2.40. The average molecular weight is 483 g/mol. The third kappa shape index (κ3) is 2.91. The van der Waals surface area contributed by atoms with Crippen molar-refractivity contribution in [2.24, 2.45) is 0 Å². The molecule has 2 nitrogen and oxygen atoms in total. The van der Waals surface area contributed by atoms with E-state index in [4.69, 9.17) is 0 Å². The Morgan fingerprint density at radius 1 is 0.559 bits per heavy atom. The van der Waals surface area contributed by atoms with Crippen LogP contribution in [0.3, 0.4) is 0 Å². The van der Waals surface area contributed by atoms with Gasteiger partial charge in [-0.3, -0.25) is 0 Å². The number of benzene rings is 4. The van der Waals surface area contributed by atoms with E-state index in [1.54, 1.807) is 6.07 Å². The summed E-state index contributed by atoms with van der Waals surface area (Å²) >= 11 is 1.81. The summed E-state index contributed by atoms with van der Waals surface area (Å²) in [5, 5.41) is 0. The lowest BCUT2D eigenvalue weighted by molar-refractivity contribution is 0.556. The molecule has 0 atom stereocenters. The summed E-state index contributed by atoms with van der Waals surface area (Å²) in [5.74, 6) is 0. The van der Waals surface area contributed by atoms with Gasteiger partial charge in [0.1, 0.15) is 0 Å². The molecule has 0 fully saturated rings. The summed E-state index contributed by atoms with van der Waals surface area (Å²) in [6, 6.07) is 28.5. The molecule has 4 heteroatoms. The van der Waals surface area contributed by atoms with Gasteiger partial charge in [-0.15, -0.1) is 0 Å². The summed E-state index contributed by atoms with van der Waals surface area (Å²) < 4.78 is 27.3. The van der Waals surface area contributed by atoms with Gasteiger partial charge in [0.2, 0.25) is 9.84 Å². The molecular formula is C30H26O2S2. The highest BCUT2D eigenvalue weighted by molar-refractivity contribution is 7.99. The lowest BCUT2D eigenvalue weighted by atomic mass is 9.76. The summed E-state index contributed by atoms with van der Waals surface area (Å²) in [4.78, 5) is 3.40. The van der Waals surface area contributed by atoms with Crippen molar-refractivity contribution in [1.82, 2.24) is 0 Å². The second-order valence-electron chi connectivity index (χ2n) is 10.3. The Bertz CT molecular complexity index is 1590. The summed E-state index contributed by atoms with van der Waals surface area (Å²) in [5.41, 5.74) is 5.79. The zero-order valence-electron chi connectivity index (χ0n) is 19.7. The zero-order valence-corrected chi connectivity index (χ0v) is 21.3. The molecule has 0 aromatic heterocycles. The van der Waals surface area contributed by atoms with Gasteiger partial charge in [0.05, 0.1) is 9.79 Å². The van der Waals surface area contributed by atoms with Crippen LogP contribution in [0.2, 0.25) is 0 Å². The van der Waals surface area contributed by atoms with E-state index < -0.39 is 9.84 Å². The maximum absolute atomic E-state index is 13.6. The van der Waals surface area contributed by atoms with Crippen LogP contribution in [0, 0.1) is 0 Å². The number of sulfone groups is 1. The Balaban J connectivity index is 1.51. The molecule has 4 aromatic rings. The van der Waals surface area contributed by atoms with Crippen LogP contribution >= 0.6 is 11.8 Å². The predicted octanol–water partition coefficient (Wildman–Crippen LogP) is 7.62. The lowest BCUT2D eigenvalue weighted by Gasteiger charge is -2.35. The van der Waals surface area contributed by atoms with Crippen molar-refractivity contribution in [3.63, 3.8) is 0 Å². The average Bonchev–Trinajstić information content (AvgIpc) is 2.83. The molecule has 34 heavy (non-hydrogen) atoms. The van der Waals surface area contributed by atoms with Crippen molar-refractivity contribution in [2.75, 3.05) is 0 Å². The molecule has 2 aliphatic heterocycles. The Hall–Kier alpha value is -2.82. The second kappa shape index (κ2) is 7.10. The minimum atomic E-state index is -3.59. The number of hydrogen-bond donors (Lipinski definition) is 0. The van der Waals surface area contributed by atoms with Crippen molar-refractivity contribution in [3.8, 4) is 11.1 Å². The van der Waals surface area contributed by atoms with Crippen molar-refractivity contribution in [2.45, 2.75) is 58.1 Å². The van der Waals surface area contributed by atoms with Crippen LogP contribution < -0.4 is 0 Å². The van der Waals surface area contributed by atoms with Crippen molar-refractivity contribution in [1.29, 1.82) is 0 Å². The monoisotopic (exact) mass is 482 g/mol. The van der Waals surface area contributed by atoms with Crippen molar-refractivity contribution >= 4 is 21.6 Å².